The first-order valence-corrected chi connectivity index (χ1v) is 13.6. The molecular weight excluding hydrogens is 480 g/mol. The predicted molar refractivity (Wildman–Crippen MR) is 137 cm³/mol. The molecule has 1 aliphatic carbocycles. The Labute approximate surface area is 211 Å². The summed E-state index contributed by atoms with van der Waals surface area (Å²) >= 11 is 0. The number of rotatable bonds is 11. The zero-order valence-electron chi connectivity index (χ0n) is 20.6. The molecule has 0 aliphatic heterocycles. The molecule has 36 heavy (non-hydrogen) atoms. The summed E-state index contributed by atoms with van der Waals surface area (Å²) in [6.07, 6.45) is 6.90. The van der Waals surface area contributed by atoms with E-state index in [1.165, 1.54) is 6.20 Å². The van der Waals surface area contributed by atoms with E-state index >= 15 is 0 Å². The van der Waals surface area contributed by atoms with E-state index in [-0.39, 0.29) is 11.9 Å². The third-order valence-electron chi connectivity index (χ3n) is 6.33. The van der Waals surface area contributed by atoms with Crippen LogP contribution in [-0.2, 0) is 20.2 Å². The summed E-state index contributed by atoms with van der Waals surface area (Å²) in [6.45, 7) is 6.20. The van der Waals surface area contributed by atoms with Gasteiger partial charge in [0.05, 0.1) is 41.1 Å². The highest BCUT2D eigenvalue weighted by atomic mass is 32.2. The molecule has 1 amide bonds. The first-order valence-electron chi connectivity index (χ1n) is 12.0. The van der Waals surface area contributed by atoms with Gasteiger partial charge in [-0.1, -0.05) is 26.0 Å². The lowest BCUT2D eigenvalue weighted by molar-refractivity contribution is -0.122. The molecule has 10 nitrogen and oxygen atoms in total. The molecule has 2 aromatic heterocycles. The molecule has 0 bridgehead atoms. The molecule has 0 radical (unpaired) electrons. The van der Waals surface area contributed by atoms with Crippen molar-refractivity contribution < 1.29 is 17.9 Å². The zero-order valence-corrected chi connectivity index (χ0v) is 21.4. The van der Waals surface area contributed by atoms with Gasteiger partial charge in [-0.25, -0.2) is 23.4 Å². The summed E-state index contributed by atoms with van der Waals surface area (Å²) in [7, 11) is -3.51. The first-order chi connectivity index (χ1) is 17.3. The Morgan fingerprint density at radius 1 is 1.06 bits per heavy atom. The van der Waals surface area contributed by atoms with Gasteiger partial charge in [0.15, 0.2) is 0 Å². The van der Waals surface area contributed by atoms with E-state index in [0.29, 0.717) is 55.2 Å². The molecule has 3 aromatic rings. The lowest BCUT2D eigenvalue weighted by Crippen LogP contribution is -2.40. The Hall–Kier alpha value is -3.60. The maximum atomic E-state index is 13.5. The van der Waals surface area contributed by atoms with Gasteiger partial charge in [-0.3, -0.25) is 14.5 Å². The summed E-state index contributed by atoms with van der Waals surface area (Å²) in [5, 5.41) is 2.59. The molecule has 0 saturated heterocycles. The minimum absolute atomic E-state index is 0.0155. The number of sulfonamides is 1. The summed E-state index contributed by atoms with van der Waals surface area (Å²) in [5.41, 5.74) is 1.62. The van der Waals surface area contributed by atoms with Crippen LogP contribution in [0.25, 0.3) is 11.3 Å². The van der Waals surface area contributed by atoms with Crippen LogP contribution in [0.3, 0.4) is 0 Å². The van der Waals surface area contributed by atoms with Gasteiger partial charge in [-0.05, 0) is 50.8 Å². The van der Waals surface area contributed by atoms with Crippen LogP contribution in [0.15, 0.2) is 48.9 Å². The van der Waals surface area contributed by atoms with E-state index in [0.717, 1.165) is 5.56 Å². The molecule has 1 aliphatic rings. The fraction of sp³-hybridized carbons (Fsp3) is 0.400. The van der Waals surface area contributed by atoms with Crippen LogP contribution in [0.1, 0.15) is 52.1 Å². The number of ether oxygens (including phenoxy) is 1. The fourth-order valence-corrected chi connectivity index (χ4v) is 5.27. The second-order valence-corrected chi connectivity index (χ2v) is 10.6. The van der Waals surface area contributed by atoms with Crippen LogP contribution < -0.4 is 14.8 Å². The van der Waals surface area contributed by atoms with E-state index in [4.69, 9.17) is 4.74 Å². The standard InChI is InChI=1S/C25H30N6O4S/c1-4-25(5-2,21-13-14-27-24(30-21)31-36(33,34)19-11-12-19)23(32)28-18-9-7-17(8-10-18)20-15-26-16-22(29-20)35-6-3/h7-10,13-16,19H,4-6,11-12H2,1-3H3,(H,28,32)(H,27,30,31). The summed E-state index contributed by atoms with van der Waals surface area (Å²) in [6, 6.07) is 8.96. The van der Waals surface area contributed by atoms with Gasteiger partial charge in [-0.2, -0.15) is 0 Å². The Morgan fingerprint density at radius 2 is 1.78 bits per heavy atom. The summed E-state index contributed by atoms with van der Waals surface area (Å²) in [4.78, 5) is 30.6. The van der Waals surface area contributed by atoms with Gasteiger partial charge in [-0.15, -0.1) is 0 Å². The number of amides is 1. The van der Waals surface area contributed by atoms with Gasteiger partial charge in [0.2, 0.25) is 27.8 Å². The van der Waals surface area contributed by atoms with Crippen molar-refractivity contribution in [2.45, 2.75) is 57.1 Å². The lowest BCUT2D eigenvalue weighted by atomic mass is 9.78. The number of carbonyl (C=O) groups is 1. The van der Waals surface area contributed by atoms with Gasteiger partial charge < -0.3 is 10.1 Å². The second-order valence-electron chi connectivity index (χ2n) is 8.61. The van der Waals surface area contributed by atoms with Crippen LogP contribution in [0.2, 0.25) is 0 Å². The number of nitrogens with one attached hydrogen (secondary N) is 2. The van der Waals surface area contributed by atoms with E-state index in [1.54, 1.807) is 30.6 Å². The summed E-state index contributed by atoms with van der Waals surface area (Å²) < 4.78 is 32.5. The minimum Gasteiger partial charge on any atom is -0.477 e. The Bertz CT molecular complexity index is 1320. The molecule has 1 aromatic carbocycles. The Kier molecular flexibility index (Phi) is 7.48. The molecule has 1 fully saturated rings. The van der Waals surface area contributed by atoms with Crippen LogP contribution in [0.4, 0.5) is 11.6 Å². The van der Waals surface area contributed by atoms with E-state index in [2.05, 4.69) is 30.0 Å². The topological polar surface area (TPSA) is 136 Å². The quantitative estimate of drug-likeness (QED) is 0.396. The molecule has 0 unspecified atom stereocenters. The number of nitrogens with zero attached hydrogens (tertiary/aromatic N) is 4. The van der Waals surface area contributed by atoms with Crippen molar-refractivity contribution in [2.75, 3.05) is 16.6 Å². The predicted octanol–water partition coefficient (Wildman–Crippen LogP) is 3.93. The third-order valence-corrected chi connectivity index (χ3v) is 8.14. The Balaban J connectivity index is 1.53. The number of benzene rings is 1. The van der Waals surface area contributed by atoms with Crippen molar-refractivity contribution in [3.8, 4) is 17.1 Å². The van der Waals surface area contributed by atoms with Crippen molar-refractivity contribution in [3.05, 3.63) is 54.6 Å². The largest absolute Gasteiger partial charge is 0.477 e. The maximum Gasteiger partial charge on any atom is 0.237 e. The molecule has 4 rings (SSSR count). The molecule has 190 valence electrons. The zero-order chi connectivity index (χ0) is 25.8. The average Bonchev–Trinajstić information content (AvgIpc) is 3.73. The SMILES string of the molecule is CCOc1cncc(-c2ccc(NC(=O)C(CC)(CC)c3ccnc(NS(=O)(=O)C4CC4)n3)cc2)n1. The van der Waals surface area contributed by atoms with Gasteiger partial charge in [0.1, 0.15) is 0 Å². The number of aromatic nitrogens is 4. The van der Waals surface area contributed by atoms with E-state index < -0.39 is 20.7 Å². The van der Waals surface area contributed by atoms with Crippen LogP contribution >= 0.6 is 0 Å². The second kappa shape index (κ2) is 10.6. The van der Waals surface area contributed by atoms with Crippen molar-refractivity contribution in [1.29, 1.82) is 0 Å². The Morgan fingerprint density at radius 3 is 2.42 bits per heavy atom. The number of hydrogen-bond acceptors (Lipinski definition) is 8. The highest BCUT2D eigenvalue weighted by Gasteiger charge is 2.40. The van der Waals surface area contributed by atoms with Crippen LogP contribution in [0.5, 0.6) is 5.88 Å². The van der Waals surface area contributed by atoms with Crippen molar-refractivity contribution >= 4 is 27.6 Å². The molecule has 11 heteroatoms. The fourth-order valence-electron chi connectivity index (χ4n) is 3.99. The van der Waals surface area contributed by atoms with Crippen molar-refractivity contribution in [1.82, 2.24) is 19.9 Å². The average molecular weight is 511 g/mol. The molecule has 2 N–H and O–H groups in total. The minimum atomic E-state index is -3.51. The number of anilines is 2. The number of hydrogen-bond donors (Lipinski definition) is 2. The third kappa shape index (κ3) is 5.46. The number of carbonyl (C=O) groups excluding carboxylic acids is 1. The highest BCUT2D eigenvalue weighted by molar-refractivity contribution is 7.93. The van der Waals surface area contributed by atoms with Crippen molar-refractivity contribution in [2.24, 2.45) is 0 Å². The monoisotopic (exact) mass is 510 g/mol. The molecule has 1 saturated carbocycles. The lowest BCUT2D eigenvalue weighted by Gasteiger charge is -2.30. The van der Waals surface area contributed by atoms with E-state index in [1.807, 2.05) is 32.9 Å². The van der Waals surface area contributed by atoms with E-state index in [9.17, 15) is 13.2 Å². The van der Waals surface area contributed by atoms with Gasteiger partial charge in [0.25, 0.3) is 0 Å². The normalized spacial score (nSPS) is 13.8. The summed E-state index contributed by atoms with van der Waals surface area (Å²) in [5.74, 6) is 0.206. The van der Waals surface area contributed by atoms with Gasteiger partial charge in [0, 0.05) is 17.4 Å². The molecular formula is C25H30N6O4S. The molecule has 0 spiro atoms. The molecule has 0 atom stereocenters. The van der Waals surface area contributed by atoms with Crippen LogP contribution in [0, 0.1) is 0 Å². The maximum absolute atomic E-state index is 13.5. The van der Waals surface area contributed by atoms with Gasteiger partial charge >= 0.3 is 0 Å². The molecule has 2 heterocycles. The van der Waals surface area contributed by atoms with Crippen LogP contribution in [-0.4, -0.2) is 46.1 Å². The highest BCUT2D eigenvalue weighted by Crippen LogP contribution is 2.34. The van der Waals surface area contributed by atoms with Crippen molar-refractivity contribution in [3.63, 3.8) is 0 Å². The first kappa shape index (κ1) is 25.5. The smallest absolute Gasteiger partial charge is 0.237 e.